The summed E-state index contributed by atoms with van der Waals surface area (Å²) in [5, 5.41) is 0. The van der Waals surface area contributed by atoms with Gasteiger partial charge in [0.2, 0.25) is 0 Å². The molecule has 0 aromatic rings. The van der Waals surface area contributed by atoms with E-state index >= 15 is 0 Å². The molecular formula is C17H38O3Si. The first kappa shape index (κ1) is 21.1. The van der Waals surface area contributed by atoms with Crippen LogP contribution in [0.2, 0.25) is 6.04 Å². The molecule has 4 heteroatoms. The Labute approximate surface area is 134 Å². The van der Waals surface area contributed by atoms with E-state index in [4.69, 9.17) is 13.3 Å². The van der Waals surface area contributed by atoms with E-state index < -0.39 is 8.80 Å². The number of hydrogen-bond donors (Lipinski definition) is 0. The van der Waals surface area contributed by atoms with E-state index in [2.05, 4.69) is 34.6 Å². The molecule has 0 bridgehead atoms. The molecule has 21 heavy (non-hydrogen) atoms. The minimum absolute atomic E-state index is 0.663. The fourth-order valence-corrected chi connectivity index (χ4v) is 4.90. The number of hydrogen-bond acceptors (Lipinski definition) is 3. The smallest absolute Gasteiger partial charge is 0.373 e. The molecule has 0 heterocycles. The lowest BCUT2D eigenvalue weighted by atomic mass is 10.2. The van der Waals surface area contributed by atoms with Gasteiger partial charge in [-0.05, 0) is 31.6 Å². The van der Waals surface area contributed by atoms with E-state index in [0.29, 0.717) is 5.92 Å². The molecule has 0 N–H and O–H groups in total. The van der Waals surface area contributed by atoms with Gasteiger partial charge < -0.3 is 13.3 Å². The molecular weight excluding hydrogens is 280 g/mol. The van der Waals surface area contributed by atoms with E-state index in [1.165, 1.54) is 0 Å². The van der Waals surface area contributed by atoms with Crippen molar-refractivity contribution in [1.29, 1.82) is 0 Å². The topological polar surface area (TPSA) is 27.7 Å². The van der Waals surface area contributed by atoms with Crippen molar-refractivity contribution in [3.8, 4) is 0 Å². The first-order chi connectivity index (χ1) is 10.1. The maximum absolute atomic E-state index is 6.21. The first-order valence-corrected chi connectivity index (χ1v) is 10.9. The Morgan fingerprint density at radius 2 is 1.10 bits per heavy atom. The summed E-state index contributed by atoms with van der Waals surface area (Å²) < 4.78 is 18.6. The van der Waals surface area contributed by atoms with Crippen LogP contribution in [0.1, 0.15) is 79.6 Å². The molecule has 128 valence electrons. The van der Waals surface area contributed by atoms with Gasteiger partial charge in [-0.2, -0.15) is 0 Å². The Morgan fingerprint density at radius 1 is 0.714 bits per heavy atom. The summed E-state index contributed by atoms with van der Waals surface area (Å²) in [7, 11) is -2.47. The summed E-state index contributed by atoms with van der Waals surface area (Å²) in [6.07, 6.45) is 7.84. The Kier molecular flexibility index (Phi) is 13.8. The molecule has 0 rings (SSSR count). The van der Waals surface area contributed by atoms with Crippen LogP contribution in [-0.4, -0.2) is 28.6 Å². The minimum Gasteiger partial charge on any atom is -0.373 e. The van der Waals surface area contributed by atoms with Crippen LogP contribution in [0.4, 0.5) is 0 Å². The molecule has 0 fully saturated rings. The average molecular weight is 319 g/mol. The Balaban J connectivity index is 4.60. The third-order valence-corrected chi connectivity index (χ3v) is 6.32. The van der Waals surface area contributed by atoms with Crippen LogP contribution in [0.3, 0.4) is 0 Å². The lowest BCUT2D eigenvalue weighted by molar-refractivity contribution is 0.0550. The second-order valence-electron chi connectivity index (χ2n) is 6.22. The summed E-state index contributed by atoms with van der Waals surface area (Å²) in [6, 6.07) is 0.960. The van der Waals surface area contributed by atoms with Gasteiger partial charge in [0.15, 0.2) is 0 Å². The Morgan fingerprint density at radius 3 is 1.38 bits per heavy atom. The molecule has 0 unspecified atom stereocenters. The van der Waals surface area contributed by atoms with Gasteiger partial charge in [0.25, 0.3) is 0 Å². The van der Waals surface area contributed by atoms with Crippen LogP contribution in [-0.2, 0) is 13.3 Å². The largest absolute Gasteiger partial charge is 0.500 e. The van der Waals surface area contributed by atoms with Crippen molar-refractivity contribution in [2.45, 2.75) is 85.6 Å². The van der Waals surface area contributed by atoms with Crippen molar-refractivity contribution >= 4 is 8.80 Å². The lowest BCUT2D eigenvalue weighted by Crippen LogP contribution is -2.47. The standard InChI is InChI=1S/C17H38O3Si/c1-6-9-13-18-21(16-12-17(4)5,19-14-10-7-2)20-15-11-8-3/h17H,6-16H2,1-5H3. The molecule has 0 saturated carbocycles. The highest BCUT2D eigenvalue weighted by Crippen LogP contribution is 2.22. The van der Waals surface area contributed by atoms with Gasteiger partial charge in [-0.1, -0.05) is 53.9 Å². The highest BCUT2D eigenvalue weighted by Gasteiger charge is 2.40. The zero-order valence-corrected chi connectivity index (χ0v) is 16.1. The van der Waals surface area contributed by atoms with Crippen molar-refractivity contribution in [3.05, 3.63) is 0 Å². The first-order valence-electron chi connectivity index (χ1n) is 9.02. The Bertz CT molecular complexity index is 196. The van der Waals surface area contributed by atoms with E-state index in [-0.39, 0.29) is 0 Å². The van der Waals surface area contributed by atoms with Gasteiger partial charge in [0, 0.05) is 25.9 Å². The van der Waals surface area contributed by atoms with E-state index in [9.17, 15) is 0 Å². The average Bonchev–Trinajstić information content (AvgIpc) is 2.46. The number of rotatable bonds is 15. The molecule has 0 aliphatic rings. The van der Waals surface area contributed by atoms with Gasteiger partial charge in [-0.15, -0.1) is 0 Å². The molecule has 0 aliphatic carbocycles. The predicted molar refractivity (Wildman–Crippen MR) is 92.6 cm³/mol. The molecule has 0 aliphatic heterocycles. The Hall–Kier alpha value is 0.0969. The monoisotopic (exact) mass is 318 g/mol. The van der Waals surface area contributed by atoms with Gasteiger partial charge >= 0.3 is 8.80 Å². The molecule has 0 aromatic carbocycles. The van der Waals surface area contributed by atoms with Crippen LogP contribution in [0.5, 0.6) is 0 Å². The fourth-order valence-electron chi connectivity index (χ4n) is 1.92. The highest BCUT2D eigenvalue weighted by atomic mass is 28.4. The van der Waals surface area contributed by atoms with Crippen molar-refractivity contribution in [3.63, 3.8) is 0 Å². The van der Waals surface area contributed by atoms with Crippen LogP contribution < -0.4 is 0 Å². The van der Waals surface area contributed by atoms with Crippen molar-refractivity contribution in [2.24, 2.45) is 5.92 Å². The normalized spacial score (nSPS) is 12.3. The van der Waals surface area contributed by atoms with E-state index in [1.54, 1.807) is 0 Å². The fraction of sp³-hybridized carbons (Fsp3) is 1.00. The third kappa shape index (κ3) is 11.3. The van der Waals surface area contributed by atoms with Crippen LogP contribution in [0.25, 0.3) is 0 Å². The molecule has 0 amide bonds. The van der Waals surface area contributed by atoms with Gasteiger partial charge in [0.1, 0.15) is 0 Å². The zero-order chi connectivity index (χ0) is 16.0. The third-order valence-electron chi connectivity index (χ3n) is 3.49. The molecule has 0 saturated heterocycles. The highest BCUT2D eigenvalue weighted by molar-refractivity contribution is 6.60. The number of unbranched alkanes of at least 4 members (excludes halogenated alkanes) is 3. The summed E-state index contributed by atoms with van der Waals surface area (Å²) in [5.74, 6) is 0.663. The second kappa shape index (κ2) is 13.7. The van der Waals surface area contributed by atoms with Crippen LogP contribution in [0.15, 0.2) is 0 Å². The molecule has 0 atom stereocenters. The maximum atomic E-state index is 6.21. The van der Waals surface area contributed by atoms with E-state index in [0.717, 1.165) is 70.8 Å². The van der Waals surface area contributed by atoms with Crippen molar-refractivity contribution in [1.82, 2.24) is 0 Å². The van der Waals surface area contributed by atoms with Crippen molar-refractivity contribution in [2.75, 3.05) is 19.8 Å². The van der Waals surface area contributed by atoms with Crippen LogP contribution >= 0.6 is 0 Å². The van der Waals surface area contributed by atoms with Gasteiger partial charge in [-0.25, -0.2) is 0 Å². The lowest BCUT2D eigenvalue weighted by Gasteiger charge is -2.30. The molecule has 0 radical (unpaired) electrons. The van der Waals surface area contributed by atoms with Crippen LogP contribution in [0, 0.1) is 5.92 Å². The summed E-state index contributed by atoms with van der Waals surface area (Å²) in [6.45, 7) is 13.4. The quantitative estimate of drug-likeness (QED) is 0.298. The van der Waals surface area contributed by atoms with Crippen molar-refractivity contribution < 1.29 is 13.3 Å². The summed E-state index contributed by atoms with van der Waals surface area (Å²) >= 11 is 0. The summed E-state index contributed by atoms with van der Waals surface area (Å²) in [5.41, 5.74) is 0. The van der Waals surface area contributed by atoms with E-state index in [1.807, 2.05) is 0 Å². The zero-order valence-electron chi connectivity index (χ0n) is 15.1. The molecule has 0 aromatic heterocycles. The predicted octanol–water partition coefficient (Wildman–Crippen LogP) is 5.42. The second-order valence-corrected chi connectivity index (χ2v) is 8.95. The summed E-state index contributed by atoms with van der Waals surface area (Å²) in [4.78, 5) is 0. The van der Waals surface area contributed by atoms with Gasteiger partial charge in [0.05, 0.1) is 0 Å². The minimum atomic E-state index is -2.47. The molecule has 3 nitrogen and oxygen atoms in total. The molecule has 0 spiro atoms. The SMILES string of the molecule is CCCCO[Si](CCC(C)C)(OCCCC)OCCCC. The van der Waals surface area contributed by atoms with Gasteiger partial charge in [-0.3, -0.25) is 0 Å². The maximum Gasteiger partial charge on any atom is 0.500 e.